The van der Waals surface area contributed by atoms with Gasteiger partial charge >= 0.3 is 5.97 Å². The predicted octanol–water partition coefficient (Wildman–Crippen LogP) is 5.40. The van der Waals surface area contributed by atoms with Crippen LogP contribution in [0.2, 0.25) is 10.0 Å². The molecule has 1 aliphatic rings. The van der Waals surface area contributed by atoms with Crippen molar-refractivity contribution in [2.24, 2.45) is 4.99 Å². The Hall–Kier alpha value is -2.28. The molecule has 28 heavy (non-hydrogen) atoms. The molecule has 1 heterocycles. The highest BCUT2D eigenvalue weighted by Crippen LogP contribution is 2.35. The molecule has 0 saturated carbocycles. The maximum absolute atomic E-state index is 12.7. The zero-order valence-electron chi connectivity index (χ0n) is 15.1. The molecule has 0 aromatic heterocycles. The number of rotatable bonds is 4. The molecule has 1 amide bonds. The molecule has 2 aromatic rings. The van der Waals surface area contributed by atoms with Crippen LogP contribution in [0.15, 0.2) is 52.4 Å². The molecule has 8 heteroatoms. The van der Waals surface area contributed by atoms with Gasteiger partial charge in [0.25, 0.3) is 5.91 Å². The monoisotopic (exact) mass is 434 g/mol. The minimum Gasteiger partial charge on any atom is -0.465 e. The molecular formula is C20H16Cl2N2O3S. The van der Waals surface area contributed by atoms with Gasteiger partial charge in [0, 0.05) is 16.6 Å². The predicted molar refractivity (Wildman–Crippen MR) is 114 cm³/mol. The van der Waals surface area contributed by atoms with E-state index < -0.39 is 5.97 Å². The van der Waals surface area contributed by atoms with Crippen LogP contribution in [0.25, 0.3) is 6.08 Å². The molecule has 1 fully saturated rings. The molecule has 0 atom stereocenters. The van der Waals surface area contributed by atoms with Crippen molar-refractivity contribution in [2.75, 3.05) is 13.7 Å². The maximum atomic E-state index is 12.7. The summed E-state index contributed by atoms with van der Waals surface area (Å²) in [7, 11) is 1.33. The Kier molecular flexibility index (Phi) is 6.44. The number of thioether (sulfide) groups is 1. The third kappa shape index (κ3) is 4.41. The van der Waals surface area contributed by atoms with Crippen molar-refractivity contribution in [1.29, 1.82) is 0 Å². The standard InChI is InChI=1S/C20H16Cl2N2O3S/c1-3-24-18(25)17(10-13-4-7-14(21)11-16(13)22)28-20(24)23-15-8-5-12(6-9-15)19(26)27-2/h4-11H,3H2,1-2H3/b17-10+,23-20?. The number of ether oxygens (including phenoxy) is 1. The summed E-state index contributed by atoms with van der Waals surface area (Å²) in [5.41, 5.74) is 1.78. The summed E-state index contributed by atoms with van der Waals surface area (Å²) in [6.45, 7) is 2.36. The number of amidine groups is 1. The number of carbonyl (C=O) groups is 2. The third-order valence-electron chi connectivity index (χ3n) is 3.97. The van der Waals surface area contributed by atoms with Gasteiger partial charge in [-0.05, 0) is 66.7 Å². The lowest BCUT2D eigenvalue weighted by molar-refractivity contribution is -0.122. The van der Waals surface area contributed by atoms with Gasteiger partial charge in [0.2, 0.25) is 0 Å². The second kappa shape index (κ2) is 8.82. The normalized spacial score (nSPS) is 16.9. The number of amides is 1. The highest BCUT2D eigenvalue weighted by molar-refractivity contribution is 8.18. The Morgan fingerprint density at radius 3 is 2.54 bits per heavy atom. The Morgan fingerprint density at radius 2 is 1.93 bits per heavy atom. The molecular weight excluding hydrogens is 419 g/mol. The van der Waals surface area contributed by atoms with Crippen LogP contribution in [0.5, 0.6) is 0 Å². The summed E-state index contributed by atoms with van der Waals surface area (Å²) in [4.78, 5) is 30.9. The molecule has 0 unspecified atom stereocenters. The average molecular weight is 435 g/mol. The van der Waals surface area contributed by atoms with Crippen molar-refractivity contribution in [2.45, 2.75) is 6.92 Å². The fraction of sp³-hybridized carbons (Fsp3) is 0.150. The van der Waals surface area contributed by atoms with Crippen LogP contribution in [0.4, 0.5) is 5.69 Å². The van der Waals surface area contributed by atoms with Crippen LogP contribution in [0.3, 0.4) is 0 Å². The van der Waals surface area contributed by atoms with Gasteiger partial charge in [-0.3, -0.25) is 9.69 Å². The van der Waals surface area contributed by atoms with Gasteiger partial charge in [0.1, 0.15) is 0 Å². The van der Waals surface area contributed by atoms with E-state index in [9.17, 15) is 9.59 Å². The van der Waals surface area contributed by atoms with Gasteiger partial charge in [-0.2, -0.15) is 0 Å². The van der Waals surface area contributed by atoms with Crippen LogP contribution in [0.1, 0.15) is 22.8 Å². The first kappa shape index (κ1) is 20.5. The van der Waals surface area contributed by atoms with Gasteiger partial charge in [-0.15, -0.1) is 0 Å². The maximum Gasteiger partial charge on any atom is 0.337 e. The molecule has 3 rings (SSSR count). The van der Waals surface area contributed by atoms with Crippen LogP contribution in [-0.2, 0) is 9.53 Å². The van der Waals surface area contributed by atoms with E-state index in [1.165, 1.54) is 18.9 Å². The van der Waals surface area contributed by atoms with E-state index in [2.05, 4.69) is 9.73 Å². The van der Waals surface area contributed by atoms with Gasteiger partial charge in [-0.1, -0.05) is 29.3 Å². The van der Waals surface area contributed by atoms with Crippen molar-refractivity contribution in [3.63, 3.8) is 0 Å². The summed E-state index contributed by atoms with van der Waals surface area (Å²) in [6.07, 6.45) is 1.73. The molecule has 2 aromatic carbocycles. The molecule has 0 bridgehead atoms. The lowest BCUT2D eigenvalue weighted by atomic mass is 10.2. The zero-order valence-corrected chi connectivity index (χ0v) is 17.4. The van der Waals surface area contributed by atoms with E-state index >= 15 is 0 Å². The van der Waals surface area contributed by atoms with Crippen molar-refractivity contribution in [3.8, 4) is 0 Å². The largest absolute Gasteiger partial charge is 0.465 e. The van der Waals surface area contributed by atoms with Crippen LogP contribution in [0, 0.1) is 0 Å². The highest BCUT2D eigenvalue weighted by Gasteiger charge is 2.32. The number of nitrogens with zero attached hydrogens (tertiary/aromatic N) is 2. The molecule has 0 N–H and O–H groups in total. The number of methoxy groups -OCH3 is 1. The molecule has 1 aliphatic heterocycles. The first-order valence-corrected chi connectivity index (χ1v) is 9.93. The summed E-state index contributed by atoms with van der Waals surface area (Å²) in [5, 5.41) is 1.57. The Balaban J connectivity index is 1.90. The lowest BCUT2D eigenvalue weighted by Gasteiger charge is -2.12. The molecule has 1 saturated heterocycles. The minimum atomic E-state index is -0.412. The van der Waals surface area contributed by atoms with E-state index in [1.807, 2.05) is 6.92 Å². The van der Waals surface area contributed by atoms with E-state index in [0.717, 1.165) is 0 Å². The lowest BCUT2D eigenvalue weighted by Crippen LogP contribution is -2.28. The molecule has 0 radical (unpaired) electrons. The molecule has 5 nitrogen and oxygen atoms in total. The topological polar surface area (TPSA) is 59.0 Å². The second-order valence-electron chi connectivity index (χ2n) is 5.76. The van der Waals surface area contributed by atoms with E-state index in [-0.39, 0.29) is 5.91 Å². The van der Waals surface area contributed by atoms with Crippen molar-refractivity contribution >= 4 is 63.8 Å². The number of likely N-dealkylation sites (N-methyl/N-ethyl adjacent to an activating group) is 1. The average Bonchev–Trinajstić information content (AvgIpc) is 2.98. The van der Waals surface area contributed by atoms with Crippen LogP contribution in [-0.4, -0.2) is 35.6 Å². The summed E-state index contributed by atoms with van der Waals surface area (Å²) < 4.78 is 4.69. The number of hydrogen-bond donors (Lipinski definition) is 0. The summed E-state index contributed by atoms with van der Waals surface area (Å²) in [6, 6.07) is 11.8. The van der Waals surface area contributed by atoms with Crippen LogP contribution >= 0.6 is 35.0 Å². The SMILES string of the molecule is CCN1C(=O)/C(=C\c2ccc(Cl)cc2Cl)SC1=Nc1ccc(C(=O)OC)cc1. The second-order valence-corrected chi connectivity index (χ2v) is 7.61. The van der Waals surface area contributed by atoms with Gasteiger partial charge in [0.15, 0.2) is 5.17 Å². The Labute approximate surface area is 177 Å². The number of esters is 1. The fourth-order valence-electron chi connectivity index (χ4n) is 2.53. The molecule has 0 aliphatic carbocycles. The first-order valence-electron chi connectivity index (χ1n) is 8.36. The number of carbonyl (C=O) groups excluding carboxylic acids is 2. The Bertz CT molecular complexity index is 987. The van der Waals surface area contributed by atoms with Crippen LogP contribution < -0.4 is 0 Å². The van der Waals surface area contributed by atoms with E-state index in [4.69, 9.17) is 23.2 Å². The molecule has 144 valence electrons. The minimum absolute atomic E-state index is 0.136. The van der Waals surface area contributed by atoms with Gasteiger partial charge in [-0.25, -0.2) is 9.79 Å². The quantitative estimate of drug-likeness (QED) is 0.477. The summed E-state index contributed by atoms with van der Waals surface area (Å²) in [5.74, 6) is -0.548. The third-order valence-corrected chi connectivity index (χ3v) is 5.54. The number of halogens is 2. The van der Waals surface area contributed by atoms with Crippen molar-refractivity contribution in [3.05, 3.63) is 68.5 Å². The van der Waals surface area contributed by atoms with Crippen molar-refractivity contribution in [1.82, 2.24) is 4.90 Å². The van der Waals surface area contributed by atoms with E-state index in [1.54, 1.807) is 53.4 Å². The zero-order chi connectivity index (χ0) is 20.3. The fourth-order valence-corrected chi connectivity index (χ4v) is 4.05. The Morgan fingerprint density at radius 1 is 1.21 bits per heavy atom. The highest BCUT2D eigenvalue weighted by atomic mass is 35.5. The molecule has 0 spiro atoms. The van der Waals surface area contributed by atoms with Crippen molar-refractivity contribution < 1.29 is 14.3 Å². The van der Waals surface area contributed by atoms with Gasteiger partial charge in [0.05, 0.1) is 23.3 Å². The first-order chi connectivity index (χ1) is 13.4. The number of benzene rings is 2. The number of aliphatic imine (C=N–C) groups is 1. The summed E-state index contributed by atoms with van der Waals surface area (Å²) >= 11 is 13.4. The van der Waals surface area contributed by atoms with Gasteiger partial charge < -0.3 is 4.74 Å². The van der Waals surface area contributed by atoms with E-state index in [0.29, 0.717) is 43.5 Å². The number of hydrogen-bond acceptors (Lipinski definition) is 5. The smallest absolute Gasteiger partial charge is 0.337 e.